The highest BCUT2D eigenvalue weighted by atomic mass is 35.5. The van der Waals surface area contributed by atoms with E-state index in [0.29, 0.717) is 12.8 Å². The van der Waals surface area contributed by atoms with Crippen molar-refractivity contribution >= 4 is 22.8 Å². The molecule has 0 aromatic carbocycles. The van der Waals surface area contributed by atoms with Crippen molar-refractivity contribution in [3.8, 4) is 0 Å². The maximum Gasteiger partial charge on any atom is 0.313 e. The summed E-state index contributed by atoms with van der Waals surface area (Å²) >= 11 is 5.42. The molecule has 2 rings (SSSR count). The number of rotatable bonds is 2. The molecule has 0 N–H and O–H groups in total. The largest absolute Gasteiger partial charge is 0.460 e. The number of esters is 1. The van der Waals surface area contributed by atoms with Crippen LogP contribution in [0.4, 0.5) is 0 Å². The molecule has 0 aromatic rings. The number of ether oxygens (including phenoxy) is 1. The SMILES string of the molecule is CC(C)(C)OC(=O)C12CC1(C(=O)Cl)C2. The van der Waals surface area contributed by atoms with Gasteiger partial charge in [0.05, 0.1) is 10.8 Å². The lowest BCUT2D eigenvalue weighted by molar-refractivity contribution is -0.159. The summed E-state index contributed by atoms with van der Waals surface area (Å²) in [6.07, 6.45) is 1.16. The lowest BCUT2D eigenvalue weighted by Crippen LogP contribution is -2.26. The van der Waals surface area contributed by atoms with Gasteiger partial charge in [0, 0.05) is 0 Å². The van der Waals surface area contributed by atoms with Crippen molar-refractivity contribution in [2.24, 2.45) is 10.8 Å². The van der Waals surface area contributed by atoms with Crippen LogP contribution in [-0.2, 0) is 14.3 Å². The second kappa shape index (κ2) is 2.32. The maximum atomic E-state index is 11.7. The van der Waals surface area contributed by atoms with Gasteiger partial charge in [0.25, 0.3) is 0 Å². The Balaban J connectivity index is 2.02. The van der Waals surface area contributed by atoms with E-state index in [1.54, 1.807) is 0 Å². The Kier molecular flexibility index (Phi) is 1.65. The molecule has 0 aliphatic heterocycles. The highest BCUT2D eigenvalue weighted by Gasteiger charge is 2.91. The molecule has 2 saturated carbocycles. The first kappa shape index (κ1) is 9.97. The van der Waals surface area contributed by atoms with Gasteiger partial charge >= 0.3 is 5.97 Å². The Bertz CT molecular complexity index is 321. The van der Waals surface area contributed by atoms with Crippen LogP contribution < -0.4 is 0 Å². The Labute approximate surface area is 87.8 Å². The number of halogens is 1. The second-order valence-corrected chi connectivity index (χ2v) is 5.64. The molecular formula is C10H13ClO3. The molecular weight excluding hydrogens is 204 g/mol. The number of carbonyl (C=O) groups is 2. The van der Waals surface area contributed by atoms with Crippen molar-refractivity contribution < 1.29 is 14.3 Å². The van der Waals surface area contributed by atoms with Crippen LogP contribution in [0.5, 0.6) is 0 Å². The van der Waals surface area contributed by atoms with E-state index in [4.69, 9.17) is 16.3 Å². The topological polar surface area (TPSA) is 43.4 Å². The van der Waals surface area contributed by atoms with E-state index >= 15 is 0 Å². The summed E-state index contributed by atoms with van der Waals surface area (Å²) in [7, 11) is 0. The minimum absolute atomic E-state index is 0.265. The van der Waals surface area contributed by atoms with Crippen LogP contribution in [0.1, 0.15) is 33.6 Å². The van der Waals surface area contributed by atoms with Crippen LogP contribution in [-0.4, -0.2) is 16.8 Å². The summed E-state index contributed by atoms with van der Waals surface area (Å²) < 4.78 is 5.23. The summed E-state index contributed by atoms with van der Waals surface area (Å²) in [4.78, 5) is 22.7. The summed E-state index contributed by atoms with van der Waals surface area (Å²) in [5, 5.41) is -0.386. The highest BCUT2D eigenvalue weighted by Crippen LogP contribution is 2.87. The van der Waals surface area contributed by atoms with Gasteiger partial charge in [-0.25, -0.2) is 0 Å². The molecule has 78 valence electrons. The van der Waals surface area contributed by atoms with Crippen LogP contribution in [0, 0.1) is 10.8 Å². The second-order valence-electron chi connectivity index (χ2n) is 5.29. The fraction of sp³-hybridized carbons (Fsp3) is 0.800. The normalized spacial score (nSPS) is 38.6. The van der Waals surface area contributed by atoms with E-state index in [0.717, 1.165) is 0 Å². The Morgan fingerprint density at radius 1 is 1.21 bits per heavy atom. The molecule has 0 atom stereocenters. The number of fused-ring (bicyclic) bond motifs is 1. The maximum absolute atomic E-state index is 11.7. The molecule has 0 aromatic heterocycles. The van der Waals surface area contributed by atoms with Crippen molar-refractivity contribution in [3.63, 3.8) is 0 Å². The molecule has 2 aliphatic carbocycles. The fourth-order valence-electron chi connectivity index (χ4n) is 1.93. The van der Waals surface area contributed by atoms with Gasteiger partial charge in [0.15, 0.2) is 0 Å². The van der Waals surface area contributed by atoms with Gasteiger partial charge in [-0.15, -0.1) is 0 Å². The first-order valence-corrected chi connectivity index (χ1v) is 5.05. The summed E-state index contributed by atoms with van der Waals surface area (Å²) in [6.45, 7) is 5.45. The third-order valence-corrected chi connectivity index (χ3v) is 3.40. The van der Waals surface area contributed by atoms with Gasteiger partial charge in [0.1, 0.15) is 5.60 Å². The van der Waals surface area contributed by atoms with E-state index in [1.165, 1.54) is 0 Å². The van der Waals surface area contributed by atoms with Gasteiger partial charge in [-0.2, -0.15) is 0 Å². The number of hydrogen-bond donors (Lipinski definition) is 0. The summed E-state index contributed by atoms with van der Waals surface area (Å²) in [6, 6.07) is 0. The smallest absolute Gasteiger partial charge is 0.313 e. The Morgan fingerprint density at radius 2 is 1.71 bits per heavy atom. The average molecular weight is 217 g/mol. The molecule has 0 saturated heterocycles. The summed E-state index contributed by atoms with van der Waals surface area (Å²) in [5.74, 6) is -0.265. The minimum Gasteiger partial charge on any atom is -0.460 e. The molecule has 0 radical (unpaired) electrons. The van der Waals surface area contributed by atoms with E-state index in [1.807, 2.05) is 20.8 Å². The lowest BCUT2D eigenvalue weighted by atomic mass is 10.1. The van der Waals surface area contributed by atoms with Gasteiger partial charge in [-0.1, -0.05) is 0 Å². The molecule has 2 aliphatic rings. The molecule has 0 amide bonds. The van der Waals surface area contributed by atoms with Crippen molar-refractivity contribution in [2.45, 2.75) is 39.2 Å². The molecule has 4 heteroatoms. The average Bonchev–Trinajstić information content (AvgIpc) is 2.62. The number of carbonyl (C=O) groups excluding carboxylic acids is 2. The molecule has 3 nitrogen and oxygen atoms in total. The molecule has 0 bridgehead atoms. The van der Waals surface area contributed by atoms with E-state index in [9.17, 15) is 9.59 Å². The molecule has 14 heavy (non-hydrogen) atoms. The standard InChI is InChI=1S/C10H13ClO3/c1-8(2,3)14-7(13)10-4-9(10,5-10)6(11)12/h4-5H2,1-3H3. The quantitative estimate of drug-likeness (QED) is 0.523. The van der Waals surface area contributed by atoms with Gasteiger partial charge < -0.3 is 4.74 Å². The molecule has 0 spiro atoms. The highest BCUT2D eigenvalue weighted by molar-refractivity contribution is 6.66. The van der Waals surface area contributed by atoms with Crippen molar-refractivity contribution in [1.29, 1.82) is 0 Å². The summed E-state index contributed by atoms with van der Waals surface area (Å²) in [5.41, 5.74) is -1.58. The van der Waals surface area contributed by atoms with Crippen LogP contribution in [0.2, 0.25) is 0 Å². The predicted octanol–water partition coefficient (Wildman–Crippen LogP) is 1.87. The number of hydrogen-bond acceptors (Lipinski definition) is 3. The third kappa shape index (κ3) is 1.11. The van der Waals surface area contributed by atoms with Crippen LogP contribution in [0.25, 0.3) is 0 Å². The lowest BCUT2D eigenvalue weighted by Gasteiger charge is -2.20. The Morgan fingerprint density at radius 3 is 2.00 bits per heavy atom. The van der Waals surface area contributed by atoms with E-state index in [-0.39, 0.29) is 11.2 Å². The van der Waals surface area contributed by atoms with E-state index in [2.05, 4.69) is 0 Å². The zero-order valence-corrected chi connectivity index (χ0v) is 9.27. The zero-order chi connectivity index (χ0) is 10.8. The van der Waals surface area contributed by atoms with Crippen LogP contribution >= 0.6 is 11.6 Å². The van der Waals surface area contributed by atoms with Crippen LogP contribution in [0.3, 0.4) is 0 Å². The molecule has 0 heterocycles. The van der Waals surface area contributed by atoms with E-state index < -0.39 is 16.4 Å². The van der Waals surface area contributed by atoms with Crippen molar-refractivity contribution in [1.82, 2.24) is 0 Å². The van der Waals surface area contributed by atoms with Crippen LogP contribution in [0.15, 0.2) is 0 Å². The van der Waals surface area contributed by atoms with Crippen molar-refractivity contribution in [3.05, 3.63) is 0 Å². The van der Waals surface area contributed by atoms with Crippen molar-refractivity contribution in [2.75, 3.05) is 0 Å². The van der Waals surface area contributed by atoms with Gasteiger partial charge in [-0.3, -0.25) is 9.59 Å². The fourth-order valence-corrected chi connectivity index (χ4v) is 2.25. The first-order chi connectivity index (χ1) is 6.24. The first-order valence-electron chi connectivity index (χ1n) is 4.67. The van der Waals surface area contributed by atoms with Gasteiger partial charge in [0.2, 0.25) is 5.24 Å². The monoisotopic (exact) mass is 216 g/mol. The molecule has 0 unspecified atom stereocenters. The minimum atomic E-state index is -0.545. The molecule has 2 fully saturated rings. The Hall–Kier alpha value is -0.570. The zero-order valence-electron chi connectivity index (χ0n) is 8.52. The van der Waals surface area contributed by atoms with Gasteiger partial charge in [-0.05, 0) is 45.2 Å². The third-order valence-electron chi connectivity index (χ3n) is 3.04. The predicted molar refractivity (Wildman–Crippen MR) is 50.8 cm³/mol.